The van der Waals surface area contributed by atoms with E-state index in [0.29, 0.717) is 5.92 Å². The van der Waals surface area contributed by atoms with Gasteiger partial charge in [0, 0.05) is 0 Å². The summed E-state index contributed by atoms with van der Waals surface area (Å²) in [6, 6.07) is 0. The predicted octanol–water partition coefficient (Wildman–Crippen LogP) is 2.40. The van der Waals surface area contributed by atoms with Crippen molar-refractivity contribution in [1.29, 1.82) is 0 Å². The van der Waals surface area contributed by atoms with E-state index in [1.54, 1.807) is 6.08 Å². The van der Waals surface area contributed by atoms with Crippen molar-refractivity contribution >= 4 is 21.9 Å². The van der Waals surface area contributed by atoms with Crippen LogP contribution in [0, 0.1) is 5.92 Å². The van der Waals surface area contributed by atoms with E-state index >= 15 is 0 Å². The maximum absolute atomic E-state index is 10.2. The summed E-state index contributed by atoms with van der Waals surface area (Å²) in [7, 11) is 0. The molecule has 0 amide bonds. The monoisotopic (exact) mass is 206 g/mol. The molecule has 0 radical (unpaired) electrons. The number of allylic oxidation sites excluding steroid dienone is 1. The van der Waals surface area contributed by atoms with Crippen LogP contribution in [0.25, 0.3) is 0 Å². The standard InChI is InChI=1S/C7H11BrO2/c1-5(2)3-4-6(8)7(9)10/h4-5H,3H2,1-2H3,(H,9,10). The van der Waals surface area contributed by atoms with Gasteiger partial charge in [0.05, 0.1) is 4.48 Å². The first kappa shape index (κ1) is 9.69. The second kappa shape index (κ2) is 4.50. The molecule has 0 aromatic rings. The van der Waals surface area contributed by atoms with Crippen molar-refractivity contribution < 1.29 is 9.90 Å². The minimum atomic E-state index is -0.902. The fourth-order valence-electron chi connectivity index (χ4n) is 0.426. The van der Waals surface area contributed by atoms with Crippen molar-refractivity contribution in [3.63, 3.8) is 0 Å². The fraction of sp³-hybridized carbons (Fsp3) is 0.571. The smallest absolute Gasteiger partial charge is 0.342 e. The molecule has 2 nitrogen and oxygen atoms in total. The molecule has 0 fully saturated rings. The molecule has 0 aromatic heterocycles. The van der Waals surface area contributed by atoms with Gasteiger partial charge < -0.3 is 5.11 Å². The van der Waals surface area contributed by atoms with E-state index in [0.717, 1.165) is 6.42 Å². The van der Waals surface area contributed by atoms with Gasteiger partial charge >= 0.3 is 5.97 Å². The molecule has 10 heavy (non-hydrogen) atoms. The molecule has 58 valence electrons. The lowest BCUT2D eigenvalue weighted by Crippen LogP contribution is -1.94. The molecule has 1 N–H and O–H groups in total. The molecule has 0 aromatic carbocycles. The van der Waals surface area contributed by atoms with Gasteiger partial charge in [-0.05, 0) is 28.3 Å². The third kappa shape index (κ3) is 4.56. The SMILES string of the molecule is CC(C)CC=C(Br)C(=O)O. The Morgan fingerprint density at radius 1 is 1.70 bits per heavy atom. The molecule has 0 unspecified atom stereocenters. The number of carbonyl (C=O) groups is 1. The van der Waals surface area contributed by atoms with Gasteiger partial charge in [-0.1, -0.05) is 19.9 Å². The lowest BCUT2D eigenvalue weighted by atomic mass is 10.1. The van der Waals surface area contributed by atoms with Gasteiger partial charge in [0.2, 0.25) is 0 Å². The number of carboxylic acid groups (broad SMARTS) is 1. The summed E-state index contributed by atoms with van der Waals surface area (Å²) in [5.41, 5.74) is 0. The zero-order chi connectivity index (χ0) is 8.15. The fourth-order valence-corrected chi connectivity index (χ4v) is 0.613. The number of aliphatic carboxylic acids is 1. The van der Waals surface area contributed by atoms with E-state index < -0.39 is 5.97 Å². The Hall–Kier alpha value is -0.310. The average Bonchev–Trinajstić information content (AvgIpc) is 1.82. The minimum Gasteiger partial charge on any atom is -0.477 e. The van der Waals surface area contributed by atoms with Crippen molar-refractivity contribution in [2.45, 2.75) is 20.3 Å². The van der Waals surface area contributed by atoms with Gasteiger partial charge in [0.1, 0.15) is 0 Å². The first-order valence-electron chi connectivity index (χ1n) is 3.13. The van der Waals surface area contributed by atoms with Crippen LogP contribution in [0.2, 0.25) is 0 Å². The molecule has 0 aliphatic rings. The topological polar surface area (TPSA) is 37.3 Å². The van der Waals surface area contributed by atoms with E-state index in [1.807, 2.05) is 13.8 Å². The summed E-state index contributed by atoms with van der Waals surface area (Å²) in [5.74, 6) is -0.396. The van der Waals surface area contributed by atoms with Crippen LogP contribution in [-0.4, -0.2) is 11.1 Å². The Morgan fingerprint density at radius 3 is 2.50 bits per heavy atom. The number of rotatable bonds is 3. The predicted molar refractivity (Wildman–Crippen MR) is 44.1 cm³/mol. The van der Waals surface area contributed by atoms with Gasteiger partial charge in [-0.2, -0.15) is 0 Å². The molecule has 0 aliphatic carbocycles. The highest BCUT2D eigenvalue weighted by atomic mass is 79.9. The molecular weight excluding hydrogens is 196 g/mol. The van der Waals surface area contributed by atoms with Crippen LogP contribution in [0.1, 0.15) is 20.3 Å². The third-order valence-electron chi connectivity index (χ3n) is 0.973. The second-order valence-corrected chi connectivity index (χ2v) is 3.34. The maximum Gasteiger partial charge on any atom is 0.342 e. The Morgan fingerprint density at radius 2 is 2.20 bits per heavy atom. The minimum absolute atomic E-state index is 0.251. The molecule has 0 aliphatic heterocycles. The Labute approximate surface area is 69.1 Å². The highest BCUT2D eigenvalue weighted by Crippen LogP contribution is 2.09. The zero-order valence-corrected chi connectivity index (χ0v) is 7.68. The average molecular weight is 207 g/mol. The van der Waals surface area contributed by atoms with E-state index in [-0.39, 0.29) is 4.48 Å². The summed E-state index contributed by atoms with van der Waals surface area (Å²) in [4.78, 5) is 10.2. The Balaban J connectivity index is 3.81. The quantitative estimate of drug-likeness (QED) is 0.721. The first-order valence-corrected chi connectivity index (χ1v) is 3.92. The maximum atomic E-state index is 10.2. The molecule has 0 spiro atoms. The zero-order valence-electron chi connectivity index (χ0n) is 6.10. The highest BCUT2D eigenvalue weighted by Gasteiger charge is 2.00. The van der Waals surface area contributed by atoms with E-state index in [9.17, 15) is 4.79 Å². The lowest BCUT2D eigenvalue weighted by Gasteiger charge is -1.96. The largest absolute Gasteiger partial charge is 0.477 e. The molecule has 3 heteroatoms. The normalized spacial score (nSPS) is 12.2. The molecule has 0 bridgehead atoms. The molecule has 0 saturated carbocycles. The molecular formula is C7H11BrO2. The Kier molecular flexibility index (Phi) is 4.36. The molecule has 0 rings (SSSR count). The van der Waals surface area contributed by atoms with Crippen molar-refractivity contribution in [2.75, 3.05) is 0 Å². The summed E-state index contributed by atoms with van der Waals surface area (Å²) >= 11 is 2.93. The van der Waals surface area contributed by atoms with Crippen LogP contribution < -0.4 is 0 Å². The summed E-state index contributed by atoms with van der Waals surface area (Å²) in [6.07, 6.45) is 2.47. The number of carboxylic acids is 1. The van der Waals surface area contributed by atoms with Gasteiger partial charge in [0.25, 0.3) is 0 Å². The van der Waals surface area contributed by atoms with Crippen LogP contribution in [0.5, 0.6) is 0 Å². The van der Waals surface area contributed by atoms with Crippen LogP contribution in [-0.2, 0) is 4.79 Å². The summed E-state index contributed by atoms with van der Waals surface area (Å²) < 4.78 is 0.251. The van der Waals surface area contributed by atoms with Gasteiger partial charge in [-0.3, -0.25) is 0 Å². The highest BCUT2D eigenvalue weighted by molar-refractivity contribution is 9.12. The van der Waals surface area contributed by atoms with Crippen LogP contribution in [0.4, 0.5) is 0 Å². The van der Waals surface area contributed by atoms with Crippen LogP contribution >= 0.6 is 15.9 Å². The van der Waals surface area contributed by atoms with Gasteiger partial charge in [0.15, 0.2) is 0 Å². The van der Waals surface area contributed by atoms with Crippen molar-refractivity contribution in [3.8, 4) is 0 Å². The third-order valence-corrected chi connectivity index (χ3v) is 1.64. The Bertz CT molecular complexity index is 150. The summed E-state index contributed by atoms with van der Waals surface area (Å²) in [6.45, 7) is 4.08. The summed E-state index contributed by atoms with van der Waals surface area (Å²) in [5, 5.41) is 8.38. The van der Waals surface area contributed by atoms with Crippen molar-refractivity contribution in [1.82, 2.24) is 0 Å². The van der Waals surface area contributed by atoms with Crippen LogP contribution in [0.15, 0.2) is 10.6 Å². The number of hydrogen-bond acceptors (Lipinski definition) is 1. The van der Waals surface area contributed by atoms with E-state index in [1.165, 1.54) is 0 Å². The van der Waals surface area contributed by atoms with Crippen molar-refractivity contribution in [3.05, 3.63) is 10.6 Å². The van der Waals surface area contributed by atoms with E-state index in [4.69, 9.17) is 5.11 Å². The van der Waals surface area contributed by atoms with Gasteiger partial charge in [-0.25, -0.2) is 4.79 Å². The number of halogens is 1. The molecule has 0 saturated heterocycles. The van der Waals surface area contributed by atoms with Crippen LogP contribution in [0.3, 0.4) is 0 Å². The van der Waals surface area contributed by atoms with Crippen molar-refractivity contribution in [2.24, 2.45) is 5.92 Å². The lowest BCUT2D eigenvalue weighted by molar-refractivity contribution is -0.131. The second-order valence-electron chi connectivity index (χ2n) is 2.49. The van der Waals surface area contributed by atoms with E-state index in [2.05, 4.69) is 15.9 Å². The molecule has 0 heterocycles. The molecule has 0 atom stereocenters. The van der Waals surface area contributed by atoms with Gasteiger partial charge in [-0.15, -0.1) is 0 Å². The first-order chi connectivity index (χ1) is 4.54. The number of hydrogen-bond donors (Lipinski definition) is 1.